The van der Waals surface area contributed by atoms with Crippen LogP contribution >= 0.6 is 0 Å². The molecule has 7 nitrogen and oxygen atoms in total. The lowest BCUT2D eigenvalue weighted by molar-refractivity contribution is 0.179. The largest absolute Gasteiger partial charge is 0.383 e. The van der Waals surface area contributed by atoms with E-state index in [1.807, 2.05) is 6.92 Å². The van der Waals surface area contributed by atoms with Crippen molar-refractivity contribution in [3.05, 3.63) is 29.8 Å². The number of aryl methyl sites for hydroxylation is 1. The Labute approximate surface area is 138 Å². The summed E-state index contributed by atoms with van der Waals surface area (Å²) in [5.41, 5.74) is 1.05. The molecule has 0 aliphatic carbocycles. The maximum atomic E-state index is 12.2. The minimum absolute atomic E-state index is 0.00531. The van der Waals surface area contributed by atoms with Crippen LogP contribution in [0.25, 0.3) is 0 Å². The molecule has 9 heteroatoms. The molecule has 0 spiro atoms. The third-order valence-electron chi connectivity index (χ3n) is 3.31. The van der Waals surface area contributed by atoms with Crippen LogP contribution in [0, 0.1) is 0 Å². The summed E-state index contributed by atoms with van der Waals surface area (Å²) in [6.45, 7) is 2.46. The number of benzene rings is 1. The van der Waals surface area contributed by atoms with Gasteiger partial charge < -0.3 is 4.74 Å². The Morgan fingerprint density at radius 1 is 1.09 bits per heavy atom. The average molecular weight is 364 g/mol. The standard InChI is InChI=1S/C14H24N2O5S2/c1-4-13-5-7-14(8-6-13)23(19,20)15-9-10-16(11-12-21-2)22(3,17)18/h5-8,15H,4,9-12H2,1-3H3. The summed E-state index contributed by atoms with van der Waals surface area (Å²) in [4.78, 5) is 0.164. The van der Waals surface area contributed by atoms with E-state index in [0.717, 1.165) is 18.2 Å². The van der Waals surface area contributed by atoms with Gasteiger partial charge in [-0.25, -0.2) is 21.6 Å². The summed E-state index contributed by atoms with van der Waals surface area (Å²) in [5.74, 6) is 0. The molecule has 23 heavy (non-hydrogen) atoms. The van der Waals surface area contributed by atoms with Crippen molar-refractivity contribution >= 4 is 20.0 Å². The Bertz CT molecular complexity index is 684. The van der Waals surface area contributed by atoms with Crippen molar-refractivity contribution in [1.82, 2.24) is 9.03 Å². The number of nitrogens with zero attached hydrogens (tertiary/aromatic N) is 1. The lowest BCUT2D eigenvalue weighted by atomic mass is 10.2. The Morgan fingerprint density at radius 2 is 1.70 bits per heavy atom. The molecule has 0 atom stereocenters. The van der Waals surface area contributed by atoms with Crippen LogP contribution in [-0.2, 0) is 31.2 Å². The molecule has 0 saturated carbocycles. The van der Waals surface area contributed by atoms with Gasteiger partial charge in [-0.05, 0) is 24.1 Å². The second-order valence-electron chi connectivity index (χ2n) is 5.05. The molecule has 132 valence electrons. The normalized spacial score (nSPS) is 12.7. The minimum Gasteiger partial charge on any atom is -0.383 e. The molecule has 1 aromatic carbocycles. The highest BCUT2D eigenvalue weighted by Crippen LogP contribution is 2.10. The van der Waals surface area contributed by atoms with Crippen LogP contribution < -0.4 is 4.72 Å². The molecule has 0 unspecified atom stereocenters. The lowest BCUT2D eigenvalue weighted by Crippen LogP contribution is -2.39. The average Bonchev–Trinajstić information content (AvgIpc) is 2.49. The van der Waals surface area contributed by atoms with Crippen LogP contribution in [-0.4, -0.2) is 60.7 Å². The summed E-state index contributed by atoms with van der Waals surface area (Å²) >= 11 is 0. The number of hydrogen-bond acceptors (Lipinski definition) is 5. The molecule has 0 radical (unpaired) electrons. The van der Waals surface area contributed by atoms with Crippen LogP contribution in [0.1, 0.15) is 12.5 Å². The second kappa shape index (κ2) is 8.74. The van der Waals surface area contributed by atoms with E-state index in [-0.39, 0.29) is 31.1 Å². The smallest absolute Gasteiger partial charge is 0.240 e. The Kier molecular flexibility index (Phi) is 7.62. The van der Waals surface area contributed by atoms with Gasteiger partial charge in [-0.1, -0.05) is 19.1 Å². The third kappa shape index (κ3) is 6.56. The van der Waals surface area contributed by atoms with Gasteiger partial charge in [-0.15, -0.1) is 0 Å². The zero-order valence-corrected chi connectivity index (χ0v) is 15.3. The molecule has 0 aromatic heterocycles. The zero-order chi connectivity index (χ0) is 17.5. The van der Waals surface area contributed by atoms with Crippen molar-refractivity contribution in [2.45, 2.75) is 18.2 Å². The monoisotopic (exact) mass is 364 g/mol. The van der Waals surface area contributed by atoms with Crippen molar-refractivity contribution in [2.24, 2.45) is 0 Å². The molecule has 0 aliphatic heterocycles. The molecule has 0 amide bonds. The van der Waals surface area contributed by atoms with E-state index in [1.165, 1.54) is 11.4 Å². The fraction of sp³-hybridized carbons (Fsp3) is 0.571. The Hall–Kier alpha value is -1.00. The number of nitrogens with one attached hydrogen (secondary N) is 1. The minimum atomic E-state index is -3.65. The molecular formula is C14H24N2O5S2. The molecule has 0 aliphatic rings. The first-order valence-corrected chi connectivity index (χ1v) is 10.6. The molecule has 0 heterocycles. The van der Waals surface area contributed by atoms with E-state index in [0.29, 0.717) is 0 Å². The van der Waals surface area contributed by atoms with Gasteiger partial charge in [-0.2, -0.15) is 4.31 Å². The quantitative estimate of drug-likeness (QED) is 0.650. The van der Waals surface area contributed by atoms with Crippen molar-refractivity contribution in [2.75, 3.05) is 39.6 Å². The summed E-state index contributed by atoms with van der Waals surface area (Å²) in [6, 6.07) is 6.60. The first-order valence-electron chi connectivity index (χ1n) is 7.23. The number of methoxy groups -OCH3 is 1. The van der Waals surface area contributed by atoms with Gasteiger partial charge in [0.05, 0.1) is 17.8 Å². The lowest BCUT2D eigenvalue weighted by Gasteiger charge is -2.19. The fourth-order valence-electron chi connectivity index (χ4n) is 1.93. The van der Waals surface area contributed by atoms with Crippen LogP contribution in [0.15, 0.2) is 29.2 Å². The molecule has 1 aromatic rings. The topological polar surface area (TPSA) is 92.8 Å². The van der Waals surface area contributed by atoms with Crippen LogP contribution in [0.2, 0.25) is 0 Å². The predicted octanol–water partition coefficient (Wildman–Crippen LogP) is 0.435. The molecule has 0 fully saturated rings. The van der Waals surface area contributed by atoms with E-state index in [4.69, 9.17) is 4.74 Å². The van der Waals surface area contributed by atoms with Gasteiger partial charge in [0, 0.05) is 26.7 Å². The highest BCUT2D eigenvalue weighted by atomic mass is 32.2. The maximum Gasteiger partial charge on any atom is 0.240 e. The zero-order valence-electron chi connectivity index (χ0n) is 13.6. The highest BCUT2D eigenvalue weighted by molar-refractivity contribution is 7.89. The third-order valence-corrected chi connectivity index (χ3v) is 6.09. The van der Waals surface area contributed by atoms with Crippen molar-refractivity contribution in [3.8, 4) is 0 Å². The number of hydrogen-bond donors (Lipinski definition) is 1. The molecular weight excluding hydrogens is 340 g/mol. The first-order chi connectivity index (χ1) is 10.7. The van der Waals surface area contributed by atoms with Crippen molar-refractivity contribution in [3.63, 3.8) is 0 Å². The molecule has 0 saturated heterocycles. The van der Waals surface area contributed by atoms with Gasteiger partial charge in [0.2, 0.25) is 20.0 Å². The Balaban J connectivity index is 2.67. The second-order valence-corrected chi connectivity index (χ2v) is 8.80. The van der Waals surface area contributed by atoms with Gasteiger partial charge >= 0.3 is 0 Å². The fourth-order valence-corrected chi connectivity index (χ4v) is 3.78. The number of ether oxygens (including phenoxy) is 1. The summed E-state index contributed by atoms with van der Waals surface area (Å²) in [7, 11) is -5.58. The molecule has 1 rings (SSSR count). The number of rotatable bonds is 10. The summed E-state index contributed by atoms with van der Waals surface area (Å²) < 4.78 is 56.1. The predicted molar refractivity (Wildman–Crippen MR) is 89.3 cm³/mol. The van der Waals surface area contributed by atoms with Crippen LogP contribution in [0.4, 0.5) is 0 Å². The molecule has 0 bridgehead atoms. The number of sulfonamides is 2. The van der Waals surface area contributed by atoms with E-state index < -0.39 is 20.0 Å². The van der Waals surface area contributed by atoms with E-state index in [1.54, 1.807) is 24.3 Å². The first kappa shape index (κ1) is 20.0. The molecule has 1 N–H and O–H groups in total. The van der Waals surface area contributed by atoms with Gasteiger partial charge in [-0.3, -0.25) is 0 Å². The maximum absolute atomic E-state index is 12.2. The van der Waals surface area contributed by atoms with Crippen molar-refractivity contribution in [1.29, 1.82) is 0 Å². The van der Waals surface area contributed by atoms with Gasteiger partial charge in [0.1, 0.15) is 0 Å². The van der Waals surface area contributed by atoms with Crippen molar-refractivity contribution < 1.29 is 21.6 Å². The van der Waals surface area contributed by atoms with Crippen LogP contribution in [0.5, 0.6) is 0 Å². The highest BCUT2D eigenvalue weighted by Gasteiger charge is 2.18. The van der Waals surface area contributed by atoms with Gasteiger partial charge in [0.25, 0.3) is 0 Å². The van der Waals surface area contributed by atoms with E-state index in [9.17, 15) is 16.8 Å². The van der Waals surface area contributed by atoms with E-state index >= 15 is 0 Å². The SMILES string of the molecule is CCc1ccc(S(=O)(=O)NCCN(CCOC)S(C)(=O)=O)cc1. The van der Waals surface area contributed by atoms with E-state index in [2.05, 4.69) is 4.72 Å². The van der Waals surface area contributed by atoms with Crippen LogP contribution in [0.3, 0.4) is 0 Å². The Morgan fingerprint density at radius 3 is 2.17 bits per heavy atom. The summed E-state index contributed by atoms with van der Waals surface area (Å²) in [6.07, 6.45) is 1.91. The summed E-state index contributed by atoms with van der Waals surface area (Å²) in [5, 5.41) is 0. The van der Waals surface area contributed by atoms with Gasteiger partial charge in [0.15, 0.2) is 0 Å².